The summed E-state index contributed by atoms with van der Waals surface area (Å²) < 4.78 is 2.57. The van der Waals surface area contributed by atoms with Crippen molar-refractivity contribution in [3.05, 3.63) is 50.7 Å². The molecule has 1 aromatic carbocycles. The van der Waals surface area contributed by atoms with Gasteiger partial charge in [-0.3, -0.25) is 4.68 Å². The minimum atomic E-state index is -0.736. The zero-order valence-electron chi connectivity index (χ0n) is 10.2. The van der Waals surface area contributed by atoms with Crippen LogP contribution in [0.2, 0.25) is 5.02 Å². The van der Waals surface area contributed by atoms with E-state index in [2.05, 4.69) is 21.0 Å². The average Bonchev–Trinajstić information content (AvgIpc) is 2.73. The molecule has 3 nitrogen and oxygen atoms in total. The number of aromatic nitrogens is 2. The molecule has 1 N–H and O–H groups in total. The second kappa shape index (κ2) is 5.43. The maximum Gasteiger partial charge on any atom is 0.122 e. The summed E-state index contributed by atoms with van der Waals surface area (Å²) in [6, 6.07) is 5.54. The van der Waals surface area contributed by atoms with Gasteiger partial charge < -0.3 is 5.11 Å². The number of aliphatic hydroxyl groups is 1. The molecule has 1 unspecified atom stereocenters. The number of aryl methyl sites for hydroxylation is 1. The van der Waals surface area contributed by atoms with Crippen molar-refractivity contribution in [2.75, 3.05) is 0 Å². The lowest BCUT2D eigenvalue weighted by Gasteiger charge is -2.16. The third kappa shape index (κ3) is 2.32. The van der Waals surface area contributed by atoms with E-state index >= 15 is 0 Å². The predicted octanol–water partition coefficient (Wildman–Crippen LogP) is 3.71. The van der Waals surface area contributed by atoms with E-state index in [9.17, 15) is 5.11 Å². The van der Waals surface area contributed by atoms with Crippen LogP contribution in [0.4, 0.5) is 0 Å². The van der Waals surface area contributed by atoms with Crippen molar-refractivity contribution in [1.29, 1.82) is 0 Å². The van der Waals surface area contributed by atoms with Gasteiger partial charge in [-0.05, 0) is 47.0 Å². The zero-order valence-corrected chi connectivity index (χ0v) is 12.5. The minimum Gasteiger partial charge on any atom is -0.382 e. The summed E-state index contributed by atoms with van der Waals surface area (Å²) in [7, 11) is 0. The van der Waals surface area contributed by atoms with Gasteiger partial charge in [-0.2, -0.15) is 5.10 Å². The molecular weight excluding hydrogens is 316 g/mol. The van der Waals surface area contributed by atoms with Crippen LogP contribution >= 0.6 is 27.5 Å². The fourth-order valence-corrected chi connectivity index (χ4v) is 2.66. The Kier molecular flexibility index (Phi) is 4.10. The number of halogens is 2. The molecule has 1 heterocycles. The molecule has 0 aliphatic carbocycles. The maximum absolute atomic E-state index is 10.5. The Bertz CT molecular complexity index is 568. The summed E-state index contributed by atoms with van der Waals surface area (Å²) in [5, 5.41) is 15.4. The normalized spacial score (nSPS) is 12.7. The van der Waals surface area contributed by atoms with Crippen LogP contribution in [0.25, 0.3) is 0 Å². The fraction of sp³-hybridized carbons (Fsp3) is 0.308. The predicted molar refractivity (Wildman–Crippen MR) is 75.9 cm³/mol. The highest BCUT2D eigenvalue weighted by Gasteiger charge is 2.21. The zero-order chi connectivity index (χ0) is 13.3. The fourth-order valence-electron chi connectivity index (χ4n) is 1.96. The Morgan fingerprint density at radius 1 is 1.50 bits per heavy atom. The lowest BCUT2D eigenvalue weighted by molar-refractivity contribution is 0.206. The topological polar surface area (TPSA) is 38.0 Å². The van der Waals surface area contributed by atoms with Gasteiger partial charge in [-0.15, -0.1) is 0 Å². The quantitative estimate of drug-likeness (QED) is 0.932. The van der Waals surface area contributed by atoms with Crippen LogP contribution < -0.4 is 0 Å². The summed E-state index contributed by atoms with van der Waals surface area (Å²) in [4.78, 5) is 0. The summed E-state index contributed by atoms with van der Waals surface area (Å²) in [6.45, 7) is 4.60. The Morgan fingerprint density at radius 3 is 2.89 bits per heavy atom. The Hall–Kier alpha value is -0.840. The SMILES string of the molecule is CCn1ncc(Br)c1C(O)c1cccc(Cl)c1C. The number of benzene rings is 1. The van der Waals surface area contributed by atoms with Crippen molar-refractivity contribution in [3.63, 3.8) is 0 Å². The Balaban J connectivity index is 2.51. The largest absolute Gasteiger partial charge is 0.382 e. The molecule has 2 rings (SSSR count). The van der Waals surface area contributed by atoms with Gasteiger partial charge in [0.25, 0.3) is 0 Å². The van der Waals surface area contributed by atoms with Gasteiger partial charge in [0.15, 0.2) is 0 Å². The smallest absolute Gasteiger partial charge is 0.122 e. The van der Waals surface area contributed by atoms with Crippen LogP contribution in [0.5, 0.6) is 0 Å². The molecule has 0 aliphatic heterocycles. The third-order valence-corrected chi connectivity index (χ3v) is 4.02. The average molecular weight is 330 g/mol. The highest BCUT2D eigenvalue weighted by atomic mass is 79.9. The van der Waals surface area contributed by atoms with Crippen molar-refractivity contribution in [2.45, 2.75) is 26.5 Å². The van der Waals surface area contributed by atoms with E-state index in [0.717, 1.165) is 21.3 Å². The molecule has 0 saturated carbocycles. The van der Waals surface area contributed by atoms with Crippen LogP contribution in [-0.4, -0.2) is 14.9 Å². The lowest BCUT2D eigenvalue weighted by Crippen LogP contribution is -2.10. The highest BCUT2D eigenvalue weighted by molar-refractivity contribution is 9.10. The summed E-state index contributed by atoms with van der Waals surface area (Å²) in [5.41, 5.74) is 2.45. The van der Waals surface area contributed by atoms with E-state index in [1.807, 2.05) is 32.0 Å². The van der Waals surface area contributed by atoms with Crippen molar-refractivity contribution >= 4 is 27.5 Å². The van der Waals surface area contributed by atoms with E-state index in [1.165, 1.54) is 0 Å². The van der Waals surface area contributed by atoms with Gasteiger partial charge in [0.05, 0.1) is 16.4 Å². The van der Waals surface area contributed by atoms with Crippen molar-refractivity contribution < 1.29 is 5.11 Å². The van der Waals surface area contributed by atoms with Gasteiger partial charge in [0.2, 0.25) is 0 Å². The standard InChI is InChI=1S/C13H14BrClN2O/c1-3-17-12(10(14)7-16-17)13(18)9-5-4-6-11(15)8(9)2/h4-7,13,18H,3H2,1-2H3. The minimum absolute atomic E-state index is 0.658. The molecular formula is C13H14BrClN2O. The van der Waals surface area contributed by atoms with Crippen LogP contribution in [0.1, 0.15) is 29.8 Å². The first-order chi connectivity index (χ1) is 8.56. The first-order valence-corrected chi connectivity index (χ1v) is 6.87. The number of aliphatic hydroxyl groups excluding tert-OH is 1. The summed E-state index contributed by atoms with van der Waals surface area (Å²) in [5.74, 6) is 0. The lowest BCUT2D eigenvalue weighted by atomic mass is 10.0. The monoisotopic (exact) mass is 328 g/mol. The summed E-state index contributed by atoms with van der Waals surface area (Å²) >= 11 is 9.51. The molecule has 0 spiro atoms. The molecule has 96 valence electrons. The summed E-state index contributed by atoms with van der Waals surface area (Å²) in [6.07, 6.45) is 0.961. The second-order valence-electron chi connectivity index (χ2n) is 4.05. The van der Waals surface area contributed by atoms with Gasteiger partial charge >= 0.3 is 0 Å². The van der Waals surface area contributed by atoms with E-state index in [1.54, 1.807) is 10.9 Å². The molecule has 1 aromatic heterocycles. The molecule has 2 aromatic rings. The van der Waals surface area contributed by atoms with Gasteiger partial charge in [-0.25, -0.2) is 0 Å². The molecule has 0 fully saturated rings. The highest BCUT2D eigenvalue weighted by Crippen LogP contribution is 2.32. The van der Waals surface area contributed by atoms with Crippen LogP contribution in [0.15, 0.2) is 28.9 Å². The van der Waals surface area contributed by atoms with E-state index < -0.39 is 6.10 Å². The molecule has 18 heavy (non-hydrogen) atoms. The number of hydrogen-bond acceptors (Lipinski definition) is 2. The number of nitrogens with zero attached hydrogens (tertiary/aromatic N) is 2. The van der Waals surface area contributed by atoms with Crippen LogP contribution in [-0.2, 0) is 6.54 Å². The first kappa shape index (κ1) is 13.6. The second-order valence-corrected chi connectivity index (χ2v) is 5.31. The van der Waals surface area contributed by atoms with Crippen molar-refractivity contribution in [3.8, 4) is 0 Å². The Morgan fingerprint density at radius 2 is 2.22 bits per heavy atom. The third-order valence-electron chi connectivity index (χ3n) is 3.00. The van der Waals surface area contributed by atoms with E-state index in [0.29, 0.717) is 11.6 Å². The molecule has 0 radical (unpaired) electrons. The molecule has 0 amide bonds. The van der Waals surface area contributed by atoms with Gasteiger partial charge in [0, 0.05) is 11.6 Å². The van der Waals surface area contributed by atoms with Crippen molar-refractivity contribution in [2.24, 2.45) is 0 Å². The molecule has 1 atom stereocenters. The van der Waals surface area contributed by atoms with Crippen molar-refractivity contribution in [1.82, 2.24) is 9.78 Å². The molecule has 0 bridgehead atoms. The van der Waals surface area contributed by atoms with E-state index in [4.69, 9.17) is 11.6 Å². The van der Waals surface area contributed by atoms with Crippen LogP contribution in [0, 0.1) is 6.92 Å². The first-order valence-electron chi connectivity index (χ1n) is 5.70. The number of hydrogen-bond donors (Lipinski definition) is 1. The van der Waals surface area contributed by atoms with Gasteiger partial charge in [-0.1, -0.05) is 23.7 Å². The Labute approximate surface area is 120 Å². The molecule has 0 aliphatic rings. The van der Waals surface area contributed by atoms with Crippen LogP contribution in [0.3, 0.4) is 0 Å². The maximum atomic E-state index is 10.5. The number of rotatable bonds is 3. The molecule has 0 saturated heterocycles. The van der Waals surface area contributed by atoms with E-state index in [-0.39, 0.29) is 0 Å². The molecule has 5 heteroatoms. The van der Waals surface area contributed by atoms with Gasteiger partial charge in [0.1, 0.15) is 6.10 Å².